The Morgan fingerprint density at radius 3 is 2.77 bits per heavy atom. The van der Waals surface area contributed by atoms with Crippen molar-refractivity contribution in [3.05, 3.63) is 74.6 Å². The van der Waals surface area contributed by atoms with Crippen LogP contribution in [-0.4, -0.2) is 36.6 Å². The zero-order valence-electron chi connectivity index (χ0n) is 16.6. The van der Waals surface area contributed by atoms with Crippen molar-refractivity contribution < 1.29 is 18.8 Å². The first-order valence-electron chi connectivity index (χ1n) is 9.76. The van der Waals surface area contributed by atoms with Crippen LogP contribution in [0.15, 0.2) is 36.4 Å². The standard InChI is InChI=1S/C22H22FN3O4/c1-15(26(28)29)11-16-12-18-7-9-25(21(18)19(13-16)14-24)8-2-10-30-22(27)17-3-5-20(23)6-4-17/h3-6,12-13,15H,2,7-11H2,1H3. The van der Waals surface area contributed by atoms with Gasteiger partial charge in [0.05, 0.1) is 23.4 Å². The predicted octanol–water partition coefficient (Wildman–Crippen LogP) is 3.51. The number of rotatable bonds is 8. The summed E-state index contributed by atoms with van der Waals surface area (Å²) in [7, 11) is 0. The predicted molar refractivity (Wildman–Crippen MR) is 109 cm³/mol. The number of carbonyl (C=O) groups excluding carboxylic acids is 1. The van der Waals surface area contributed by atoms with Crippen LogP contribution < -0.4 is 4.90 Å². The number of halogens is 1. The van der Waals surface area contributed by atoms with Crippen molar-refractivity contribution in [2.24, 2.45) is 0 Å². The normalized spacial score (nSPS) is 13.4. The van der Waals surface area contributed by atoms with E-state index in [4.69, 9.17) is 4.74 Å². The number of fused-ring (bicyclic) bond motifs is 1. The molecule has 1 aliphatic rings. The molecule has 0 spiro atoms. The van der Waals surface area contributed by atoms with E-state index in [2.05, 4.69) is 11.0 Å². The Kier molecular flexibility index (Phi) is 6.62. The second kappa shape index (κ2) is 9.35. The minimum Gasteiger partial charge on any atom is -0.462 e. The molecular formula is C22H22FN3O4. The molecule has 0 amide bonds. The van der Waals surface area contributed by atoms with Crippen LogP contribution in [0.4, 0.5) is 10.1 Å². The van der Waals surface area contributed by atoms with E-state index in [-0.39, 0.29) is 18.0 Å². The minimum absolute atomic E-state index is 0.211. The third kappa shape index (κ3) is 4.92. The first kappa shape index (κ1) is 21.2. The maximum absolute atomic E-state index is 12.9. The molecule has 1 aliphatic heterocycles. The summed E-state index contributed by atoms with van der Waals surface area (Å²) < 4.78 is 18.2. The number of anilines is 1. The second-order valence-corrected chi connectivity index (χ2v) is 7.33. The van der Waals surface area contributed by atoms with E-state index in [0.29, 0.717) is 24.1 Å². The summed E-state index contributed by atoms with van der Waals surface area (Å²) >= 11 is 0. The van der Waals surface area contributed by atoms with Crippen molar-refractivity contribution in [2.75, 3.05) is 24.6 Å². The Morgan fingerprint density at radius 2 is 2.10 bits per heavy atom. The van der Waals surface area contributed by atoms with Crippen LogP contribution >= 0.6 is 0 Å². The number of nitro groups is 1. The van der Waals surface area contributed by atoms with Gasteiger partial charge in [-0.1, -0.05) is 6.07 Å². The van der Waals surface area contributed by atoms with Gasteiger partial charge in [0.2, 0.25) is 6.04 Å². The summed E-state index contributed by atoms with van der Waals surface area (Å²) in [6, 6.07) is 10.4. The van der Waals surface area contributed by atoms with E-state index in [9.17, 15) is 24.6 Å². The highest BCUT2D eigenvalue weighted by Gasteiger charge is 2.24. The Morgan fingerprint density at radius 1 is 1.37 bits per heavy atom. The van der Waals surface area contributed by atoms with Crippen LogP contribution in [0.3, 0.4) is 0 Å². The van der Waals surface area contributed by atoms with Crippen molar-refractivity contribution in [3.8, 4) is 6.07 Å². The van der Waals surface area contributed by atoms with E-state index in [1.165, 1.54) is 24.3 Å². The smallest absolute Gasteiger partial charge is 0.338 e. The van der Waals surface area contributed by atoms with Crippen LogP contribution in [0.25, 0.3) is 0 Å². The van der Waals surface area contributed by atoms with Crippen LogP contribution in [0, 0.1) is 27.3 Å². The molecule has 2 aromatic carbocycles. The lowest BCUT2D eigenvalue weighted by Crippen LogP contribution is -2.24. The molecule has 156 valence electrons. The molecular weight excluding hydrogens is 389 g/mol. The number of nitriles is 1. The number of ether oxygens (including phenoxy) is 1. The van der Waals surface area contributed by atoms with Gasteiger partial charge in [0.1, 0.15) is 11.9 Å². The molecule has 0 saturated heterocycles. The molecule has 1 heterocycles. The highest BCUT2D eigenvalue weighted by Crippen LogP contribution is 2.33. The zero-order valence-corrected chi connectivity index (χ0v) is 16.6. The van der Waals surface area contributed by atoms with E-state index < -0.39 is 17.8 Å². The number of hydrogen-bond acceptors (Lipinski definition) is 6. The number of benzene rings is 2. The van der Waals surface area contributed by atoms with Gasteiger partial charge in [0.25, 0.3) is 0 Å². The molecule has 0 bridgehead atoms. The van der Waals surface area contributed by atoms with Crippen LogP contribution in [0.1, 0.15) is 40.4 Å². The van der Waals surface area contributed by atoms with E-state index in [0.717, 1.165) is 29.8 Å². The quantitative estimate of drug-likeness (QED) is 0.285. The average molecular weight is 411 g/mol. The highest BCUT2D eigenvalue weighted by molar-refractivity contribution is 5.89. The van der Waals surface area contributed by atoms with Gasteiger partial charge in [-0.3, -0.25) is 10.1 Å². The van der Waals surface area contributed by atoms with Crippen LogP contribution in [0.2, 0.25) is 0 Å². The number of hydrogen-bond donors (Lipinski definition) is 0. The maximum atomic E-state index is 12.9. The van der Waals surface area contributed by atoms with Crippen molar-refractivity contribution in [2.45, 2.75) is 32.2 Å². The molecule has 8 heteroatoms. The van der Waals surface area contributed by atoms with E-state index in [1.807, 2.05) is 6.07 Å². The summed E-state index contributed by atoms with van der Waals surface area (Å²) in [6.07, 6.45) is 1.63. The number of esters is 1. The molecule has 1 unspecified atom stereocenters. The van der Waals surface area contributed by atoms with Gasteiger partial charge < -0.3 is 9.64 Å². The Hall–Kier alpha value is -3.47. The molecule has 0 aromatic heterocycles. The first-order valence-corrected chi connectivity index (χ1v) is 9.76. The molecule has 1 atom stereocenters. The summed E-state index contributed by atoms with van der Waals surface area (Å²) in [4.78, 5) is 24.7. The summed E-state index contributed by atoms with van der Waals surface area (Å²) in [5, 5.41) is 20.5. The lowest BCUT2D eigenvalue weighted by Gasteiger charge is -2.21. The van der Waals surface area contributed by atoms with Crippen LogP contribution in [-0.2, 0) is 17.6 Å². The van der Waals surface area contributed by atoms with Crippen molar-refractivity contribution in [3.63, 3.8) is 0 Å². The fourth-order valence-electron chi connectivity index (χ4n) is 3.62. The molecule has 0 N–H and O–H groups in total. The number of carbonyl (C=O) groups is 1. The van der Waals surface area contributed by atoms with Gasteiger partial charge in [-0.15, -0.1) is 0 Å². The topological polar surface area (TPSA) is 96.5 Å². The Balaban J connectivity index is 1.58. The molecule has 7 nitrogen and oxygen atoms in total. The first-order chi connectivity index (χ1) is 14.4. The molecule has 3 rings (SSSR count). The highest BCUT2D eigenvalue weighted by atomic mass is 19.1. The fraction of sp³-hybridized carbons (Fsp3) is 0.364. The van der Waals surface area contributed by atoms with Crippen molar-refractivity contribution in [1.82, 2.24) is 0 Å². The molecule has 30 heavy (non-hydrogen) atoms. The third-order valence-corrected chi connectivity index (χ3v) is 5.11. The van der Waals surface area contributed by atoms with Crippen molar-refractivity contribution in [1.29, 1.82) is 5.26 Å². The summed E-state index contributed by atoms with van der Waals surface area (Å²) in [6.45, 7) is 3.12. The second-order valence-electron chi connectivity index (χ2n) is 7.33. The molecule has 0 radical (unpaired) electrons. The third-order valence-electron chi connectivity index (χ3n) is 5.11. The van der Waals surface area contributed by atoms with Gasteiger partial charge in [-0.2, -0.15) is 5.26 Å². The maximum Gasteiger partial charge on any atom is 0.338 e. The van der Waals surface area contributed by atoms with Gasteiger partial charge in [0, 0.05) is 31.4 Å². The SMILES string of the molecule is CC(Cc1cc(C#N)c2c(c1)CCN2CCCOC(=O)c1ccc(F)cc1)[N+](=O)[O-]. The number of nitrogens with zero attached hydrogens (tertiary/aromatic N) is 3. The summed E-state index contributed by atoms with van der Waals surface area (Å²) in [5.41, 5.74) is 3.48. The Labute approximate surface area is 173 Å². The molecule has 0 fully saturated rings. The molecule has 2 aromatic rings. The van der Waals surface area contributed by atoms with E-state index >= 15 is 0 Å². The lowest BCUT2D eigenvalue weighted by molar-refractivity contribution is -0.517. The molecule has 0 saturated carbocycles. The van der Waals surface area contributed by atoms with Gasteiger partial charge >= 0.3 is 5.97 Å². The Bertz CT molecular complexity index is 985. The van der Waals surface area contributed by atoms with E-state index in [1.54, 1.807) is 13.0 Å². The lowest BCUT2D eigenvalue weighted by atomic mass is 9.99. The fourth-order valence-corrected chi connectivity index (χ4v) is 3.62. The zero-order chi connectivity index (χ0) is 21.7. The van der Waals surface area contributed by atoms with Gasteiger partial charge in [0.15, 0.2) is 0 Å². The average Bonchev–Trinajstić information content (AvgIpc) is 3.13. The van der Waals surface area contributed by atoms with Crippen LogP contribution in [0.5, 0.6) is 0 Å². The summed E-state index contributed by atoms with van der Waals surface area (Å²) in [5.74, 6) is -0.914. The largest absolute Gasteiger partial charge is 0.462 e. The van der Waals surface area contributed by atoms with Gasteiger partial charge in [-0.05, 0) is 54.3 Å². The minimum atomic E-state index is -0.706. The monoisotopic (exact) mass is 411 g/mol. The molecule has 0 aliphatic carbocycles. The van der Waals surface area contributed by atoms with Gasteiger partial charge in [-0.25, -0.2) is 9.18 Å². The van der Waals surface area contributed by atoms with Crippen molar-refractivity contribution >= 4 is 11.7 Å².